The second kappa shape index (κ2) is 5.25. The highest BCUT2D eigenvalue weighted by molar-refractivity contribution is 9.10. The zero-order valence-corrected chi connectivity index (χ0v) is 12.7. The largest absolute Gasteiger partial charge is 0.399 e. The molecule has 2 N–H and O–H groups in total. The van der Waals surface area contributed by atoms with Crippen LogP contribution in [0.4, 0.5) is 10.1 Å². The smallest absolute Gasteiger partial charge is 0.187 e. The zero-order valence-electron chi connectivity index (χ0n) is 11.1. The average Bonchev–Trinajstić information content (AvgIpc) is 2.89. The zero-order chi connectivity index (χ0) is 15.0. The van der Waals surface area contributed by atoms with Gasteiger partial charge in [0.15, 0.2) is 5.82 Å². The number of hydrogen-bond donors (Lipinski definition) is 1. The summed E-state index contributed by atoms with van der Waals surface area (Å²) in [6.07, 6.45) is 0. The van der Waals surface area contributed by atoms with Crippen molar-refractivity contribution in [3.05, 3.63) is 52.3 Å². The van der Waals surface area contributed by atoms with Crippen LogP contribution in [0.3, 0.4) is 0 Å². The van der Waals surface area contributed by atoms with Crippen molar-refractivity contribution in [3.8, 4) is 17.1 Å². The van der Waals surface area contributed by atoms with Crippen molar-refractivity contribution in [3.63, 3.8) is 0 Å². The van der Waals surface area contributed by atoms with Crippen molar-refractivity contribution in [2.45, 2.75) is 6.92 Å². The molecule has 5 nitrogen and oxygen atoms in total. The number of nitrogen functional groups attached to an aromatic ring is 1. The van der Waals surface area contributed by atoms with Gasteiger partial charge in [0.25, 0.3) is 0 Å². The molecule has 0 saturated heterocycles. The van der Waals surface area contributed by atoms with Gasteiger partial charge in [-0.25, -0.2) is 4.39 Å². The third-order valence-corrected chi connectivity index (χ3v) is 3.63. The summed E-state index contributed by atoms with van der Waals surface area (Å²) < 4.78 is 15.6. The van der Waals surface area contributed by atoms with Gasteiger partial charge in [0.1, 0.15) is 5.82 Å². The Morgan fingerprint density at radius 2 is 2.00 bits per heavy atom. The number of aromatic nitrogens is 4. The first-order valence-electron chi connectivity index (χ1n) is 6.16. The molecule has 0 amide bonds. The number of tetrazole rings is 1. The van der Waals surface area contributed by atoms with Crippen LogP contribution in [0.1, 0.15) is 5.56 Å². The third-order valence-electron chi connectivity index (χ3n) is 2.96. The van der Waals surface area contributed by atoms with E-state index in [0.717, 1.165) is 11.1 Å². The summed E-state index contributed by atoms with van der Waals surface area (Å²) in [7, 11) is 0. The summed E-state index contributed by atoms with van der Waals surface area (Å²) in [5.41, 5.74) is 8.78. The first-order valence-corrected chi connectivity index (χ1v) is 6.95. The molecule has 0 aliphatic carbocycles. The topological polar surface area (TPSA) is 69.6 Å². The maximum Gasteiger partial charge on any atom is 0.187 e. The molecule has 106 valence electrons. The van der Waals surface area contributed by atoms with Crippen LogP contribution < -0.4 is 5.73 Å². The molecule has 0 aliphatic rings. The molecule has 0 spiro atoms. The molecule has 0 unspecified atom stereocenters. The molecule has 7 heteroatoms. The minimum absolute atomic E-state index is 0.363. The lowest BCUT2D eigenvalue weighted by Crippen LogP contribution is -2.02. The molecular formula is C14H11BrFN5. The Morgan fingerprint density at radius 1 is 1.19 bits per heavy atom. The fourth-order valence-corrected chi connectivity index (χ4v) is 2.53. The SMILES string of the molecule is Cc1cc(N)cc(-c2nnnn2-c2cc(F)ccc2Br)c1. The van der Waals surface area contributed by atoms with Crippen molar-refractivity contribution in [2.24, 2.45) is 0 Å². The van der Waals surface area contributed by atoms with Crippen LogP contribution in [0.5, 0.6) is 0 Å². The number of anilines is 1. The lowest BCUT2D eigenvalue weighted by molar-refractivity contribution is 0.624. The summed E-state index contributed by atoms with van der Waals surface area (Å²) in [5.74, 6) is 0.134. The predicted octanol–water partition coefficient (Wildman–Crippen LogP) is 3.12. The number of hydrogen-bond acceptors (Lipinski definition) is 4. The Balaban J connectivity index is 2.19. The number of nitrogens with zero attached hydrogens (tertiary/aromatic N) is 4. The number of rotatable bonds is 2. The summed E-state index contributed by atoms with van der Waals surface area (Å²) in [5, 5.41) is 11.6. The van der Waals surface area contributed by atoms with Crippen molar-refractivity contribution >= 4 is 21.6 Å². The molecule has 1 heterocycles. The standard InChI is InChI=1S/C14H11BrFN5/c1-8-4-9(6-11(17)5-8)14-18-19-20-21(14)13-7-10(16)2-3-12(13)15/h2-7H,17H2,1H3. The van der Waals surface area contributed by atoms with Gasteiger partial charge in [-0.1, -0.05) is 0 Å². The van der Waals surface area contributed by atoms with Gasteiger partial charge in [-0.3, -0.25) is 0 Å². The molecule has 0 aliphatic heterocycles. The summed E-state index contributed by atoms with van der Waals surface area (Å²) in [6, 6.07) is 9.90. The second-order valence-corrected chi connectivity index (χ2v) is 5.50. The first-order chi connectivity index (χ1) is 10.0. The number of benzene rings is 2. The van der Waals surface area contributed by atoms with E-state index in [1.807, 2.05) is 19.1 Å². The molecular weight excluding hydrogens is 337 g/mol. The van der Waals surface area contributed by atoms with E-state index in [2.05, 4.69) is 31.5 Å². The van der Waals surface area contributed by atoms with Crippen LogP contribution in [0.15, 0.2) is 40.9 Å². The van der Waals surface area contributed by atoms with E-state index in [1.165, 1.54) is 16.8 Å². The number of nitrogens with two attached hydrogens (primary N) is 1. The molecule has 0 fully saturated rings. The highest BCUT2D eigenvalue weighted by Crippen LogP contribution is 2.27. The van der Waals surface area contributed by atoms with Crippen LogP contribution in [0, 0.1) is 12.7 Å². The van der Waals surface area contributed by atoms with E-state index >= 15 is 0 Å². The summed E-state index contributed by atoms with van der Waals surface area (Å²) >= 11 is 3.38. The van der Waals surface area contributed by atoms with Gasteiger partial charge in [0, 0.05) is 21.8 Å². The van der Waals surface area contributed by atoms with Crippen LogP contribution in [-0.2, 0) is 0 Å². The lowest BCUT2D eigenvalue weighted by atomic mass is 10.1. The van der Waals surface area contributed by atoms with Crippen LogP contribution >= 0.6 is 15.9 Å². The van der Waals surface area contributed by atoms with E-state index < -0.39 is 0 Å². The molecule has 3 rings (SSSR count). The number of aryl methyl sites for hydroxylation is 1. The normalized spacial score (nSPS) is 10.8. The van der Waals surface area contributed by atoms with Gasteiger partial charge < -0.3 is 5.73 Å². The Kier molecular flexibility index (Phi) is 3.42. The Labute approximate surface area is 128 Å². The third kappa shape index (κ3) is 2.64. The molecule has 1 aromatic heterocycles. The van der Waals surface area contributed by atoms with Crippen LogP contribution in [0.2, 0.25) is 0 Å². The van der Waals surface area contributed by atoms with Crippen molar-refractivity contribution in [1.29, 1.82) is 0 Å². The van der Waals surface area contributed by atoms with Gasteiger partial charge >= 0.3 is 0 Å². The summed E-state index contributed by atoms with van der Waals surface area (Å²) in [4.78, 5) is 0. The monoisotopic (exact) mass is 347 g/mol. The van der Waals surface area contributed by atoms with Crippen molar-refractivity contribution in [1.82, 2.24) is 20.2 Å². The van der Waals surface area contributed by atoms with Gasteiger partial charge in [0.05, 0.1) is 5.69 Å². The Bertz CT molecular complexity index is 795. The quantitative estimate of drug-likeness (QED) is 0.723. The van der Waals surface area contributed by atoms with Gasteiger partial charge in [-0.05, 0) is 69.2 Å². The highest BCUT2D eigenvalue weighted by Gasteiger charge is 2.14. The first kappa shape index (κ1) is 13.7. The van der Waals surface area contributed by atoms with Gasteiger partial charge in [-0.15, -0.1) is 5.10 Å². The Morgan fingerprint density at radius 3 is 2.76 bits per heavy atom. The molecule has 0 bridgehead atoms. The van der Waals surface area contributed by atoms with Gasteiger partial charge in [0.2, 0.25) is 0 Å². The molecule has 21 heavy (non-hydrogen) atoms. The second-order valence-electron chi connectivity index (χ2n) is 4.64. The average molecular weight is 348 g/mol. The van der Waals surface area contributed by atoms with E-state index in [-0.39, 0.29) is 5.82 Å². The minimum Gasteiger partial charge on any atom is -0.399 e. The fourth-order valence-electron chi connectivity index (χ4n) is 2.12. The summed E-state index contributed by atoms with van der Waals surface area (Å²) in [6.45, 7) is 1.94. The molecule has 3 aromatic rings. The molecule has 0 saturated carbocycles. The van der Waals surface area contributed by atoms with Crippen LogP contribution in [-0.4, -0.2) is 20.2 Å². The predicted molar refractivity (Wildman–Crippen MR) is 81.4 cm³/mol. The van der Waals surface area contributed by atoms with Crippen LogP contribution in [0.25, 0.3) is 17.1 Å². The van der Waals surface area contributed by atoms with E-state index in [9.17, 15) is 4.39 Å². The molecule has 0 atom stereocenters. The van der Waals surface area contributed by atoms with E-state index in [1.54, 1.807) is 12.1 Å². The molecule has 2 aromatic carbocycles. The lowest BCUT2D eigenvalue weighted by Gasteiger charge is -2.08. The maximum atomic E-state index is 13.5. The van der Waals surface area contributed by atoms with E-state index in [4.69, 9.17) is 5.73 Å². The van der Waals surface area contributed by atoms with Crippen molar-refractivity contribution in [2.75, 3.05) is 5.73 Å². The minimum atomic E-state index is -0.363. The highest BCUT2D eigenvalue weighted by atomic mass is 79.9. The molecule has 0 radical (unpaired) electrons. The maximum absolute atomic E-state index is 13.5. The fraction of sp³-hybridized carbons (Fsp3) is 0.0714. The number of halogens is 2. The Hall–Kier alpha value is -2.28. The van der Waals surface area contributed by atoms with Gasteiger partial charge in [-0.2, -0.15) is 4.68 Å². The van der Waals surface area contributed by atoms with E-state index in [0.29, 0.717) is 21.7 Å². The van der Waals surface area contributed by atoms with Crippen molar-refractivity contribution < 1.29 is 4.39 Å².